The number of hydrogen-bond donors (Lipinski definition) is 0. The molecule has 0 saturated heterocycles. The number of nitrogens with zero attached hydrogens (tertiary/aromatic N) is 3. The van der Waals surface area contributed by atoms with Gasteiger partial charge in [0.05, 0.1) is 5.71 Å². The van der Waals surface area contributed by atoms with E-state index in [4.69, 9.17) is 0 Å². The Kier molecular flexibility index (Phi) is 3.75. The van der Waals surface area contributed by atoms with E-state index in [9.17, 15) is 17.6 Å². The van der Waals surface area contributed by atoms with Gasteiger partial charge in [-0.2, -0.15) is 18.2 Å². The molecule has 2 heterocycles. The predicted molar refractivity (Wildman–Crippen MR) is 78.8 cm³/mol. The smallest absolute Gasteiger partial charge is 0.261 e. The van der Waals surface area contributed by atoms with E-state index in [1.54, 1.807) is 31.2 Å². The Morgan fingerprint density at radius 3 is 2.65 bits per heavy atom. The summed E-state index contributed by atoms with van der Waals surface area (Å²) in [6.07, 6.45) is -1.03. The van der Waals surface area contributed by atoms with Crippen LogP contribution in [-0.2, 0) is 0 Å². The highest BCUT2D eigenvalue weighted by molar-refractivity contribution is 6.10. The van der Waals surface area contributed by atoms with Crippen LogP contribution >= 0.6 is 0 Å². The fourth-order valence-electron chi connectivity index (χ4n) is 2.66. The molecule has 23 heavy (non-hydrogen) atoms. The first-order valence-corrected chi connectivity index (χ1v) is 7.14. The van der Waals surface area contributed by atoms with E-state index in [2.05, 4.69) is 4.99 Å². The number of benzene rings is 1. The van der Waals surface area contributed by atoms with Crippen LogP contribution in [0.2, 0.25) is 0 Å². The molecule has 1 aromatic rings. The molecule has 0 amide bonds. The Morgan fingerprint density at radius 1 is 1.26 bits per heavy atom. The van der Waals surface area contributed by atoms with Crippen molar-refractivity contribution in [2.75, 3.05) is 6.54 Å². The maximum atomic E-state index is 13.4. The maximum Gasteiger partial charge on any atom is 0.405 e. The minimum absolute atomic E-state index is 0.126. The molecular formula is C16H15F4N3. The molecule has 0 radical (unpaired) electrons. The van der Waals surface area contributed by atoms with Crippen molar-refractivity contribution in [3.05, 3.63) is 59.3 Å². The third kappa shape index (κ3) is 2.88. The van der Waals surface area contributed by atoms with Crippen molar-refractivity contribution in [2.24, 2.45) is 4.99 Å². The molecule has 0 fully saturated rings. The van der Waals surface area contributed by atoms with Gasteiger partial charge in [0.25, 0.3) is 0 Å². The summed E-state index contributed by atoms with van der Waals surface area (Å²) in [5.74, 6) is 0.0479. The SMILES string of the molecule is CC1=CC(c2cccc(F)c2)=NC2=CCN([C@H](C)C(F)(F)F)N12. The van der Waals surface area contributed by atoms with Crippen LogP contribution in [0.5, 0.6) is 0 Å². The first-order chi connectivity index (χ1) is 10.8. The van der Waals surface area contributed by atoms with Crippen molar-refractivity contribution in [1.29, 1.82) is 0 Å². The third-order valence-corrected chi connectivity index (χ3v) is 3.89. The van der Waals surface area contributed by atoms with Crippen LogP contribution in [-0.4, -0.2) is 34.5 Å². The first-order valence-electron chi connectivity index (χ1n) is 7.14. The maximum absolute atomic E-state index is 13.4. The molecule has 0 aliphatic carbocycles. The number of aliphatic imine (C=N–C) groups is 1. The second kappa shape index (κ2) is 5.49. The minimum Gasteiger partial charge on any atom is -0.261 e. The lowest BCUT2D eigenvalue weighted by atomic mass is 10.1. The van der Waals surface area contributed by atoms with Gasteiger partial charge in [-0.25, -0.2) is 9.38 Å². The fourth-order valence-corrected chi connectivity index (χ4v) is 2.66. The van der Waals surface area contributed by atoms with E-state index >= 15 is 0 Å². The van der Waals surface area contributed by atoms with Crippen LogP contribution in [0.4, 0.5) is 17.6 Å². The number of halogens is 4. The molecule has 0 saturated carbocycles. The molecule has 2 aliphatic heterocycles. The van der Waals surface area contributed by atoms with E-state index < -0.39 is 12.2 Å². The highest BCUT2D eigenvalue weighted by atomic mass is 19.4. The van der Waals surface area contributed by atoms with Gasteiger partial charge in [0.1, 0.15) is 17.7 Å². The molecule has 7 heteroatoms. The summed E-state index contributed by atoms with van der Waals surface area (Å²) in [5, 5.41) is 2.67. The zero-order chi connectivity index (χ0) is 16.8. The summed E-state index contributed by atoms with van der Waals surface area (Å²) in [4.78, 5) is 4.37. The standard InChI is InChI=1S/C16H15F4N3/c1-10-8-14(12-4-3-5-13(17)9-12)21-15-6-7-22(23(10)15)11(2)16(18,19)20/h3-6,8-9,11H,7H2,1-2H3/t11-/m1/s1. The van der Waals surface area contributed by atoms with Crippen molar-refractivity contribution in [1.82, 2.24) is 10.0 Å². The first kappa shape index (κ1) is 15.7. The van der Waals surface area contributed by atoms with Gasteiger partial charge in [-0.1, -0.05) is 12.1 Å². The summed E-state index contributed by atoms with van der Waals surface area (Å²) >= 11 is 0. The predicted octanol–water partition coefficient (Wildman–Crippen LogP) is 3.86. The minimum atomic E-state index is -4.32. The molecule has 0 aromatic heterocycles. The monoisotopic (exact) mass is 325 g/mol. The van der Waals surface area contributed by atoms with Gasteiger partial charge in [-0.15, -0.1) is 0 Å². The molecule has 0 spiro atoms. The normalized spacial score (nSPS) is 19.9. The molecule has 2 aliphatic rings. The Balaban J connectivity index is 1.91. The largest absolute Gasteiger partial charge is 0.405 e. The molecule has 0 unspecified atom stereocenters. The number of allylic oxidation sites excluding steroid dienone is 2. The molecule has 1 atom stereocenters. The van der Waals surface area contributed by atoms with Gasteiger partial charge in [0.2, 0.25) is 0 Å². The molecule has 3 rings (SSSR count). The molecule has 1 aromatic carbocycles. The average molecular weight is 325 g/mol. The number of fused-ring (bicyclic) bond motifs is 1. The van der Waals surface area contributed by atoms with Crippen LogP contribution in [0.25, 0.3) is 0 Å². The van der Waals surface area contributed by atoms with Crippen LogP contribution in [0.15, 0.2) is 52.9 Å². The third-order valence-electron chi connectivity index (χ3n) is 3.89. The molecule has 0 N–H and O–H groups in total. The van der Waals surface area contributed by atoms with Crippen molar-refractivity contribution in [2.45, 2.75) is 26.1 Å². The van der Waals surface area contributed by atoms with Gasteiger partial charge >= 0.3 is 6.18 Å². The van der Waals surface area contributed by atoms with E-state index in [1.807, 2.05) is 0 Å². The van der Waals surface area contributed by atoms with Gasteiger partial charge in [-0.3, -0.25) is 5.01 Å². The van der Waals surface area contributed by atoms with Crippen LogP contribution in [0, 0.1) is 5.82 Å². The van der Waals surface area contributed by atoms with Crippen molar-refractivity contribution in [3.8, 4) is 0 Å². The quantitative estimate of drug-likeness (QED) is 0.769. The lowest BCUT2D eigenvalue weighted by molar-refractivity contribution is -0.201. The van der Waals surface area contributed by atoms with Gasteiger partial charge in [-0.05, 0) is 38.1 Å². The van der Waals surface area contributed by atoms with Gasteiger partial charge in [0, 0.05) is 17.8 Å². The number of rotatable bonds is 2. The van der Waals surface area contributed by atoms with Gasteiger partial charge < -0.3 is 0 Å². The Bertz CT molecular complexity index is 718. The molecule has 3 nitrogen and oxygen atoms in total. The van der Waals surface area contributed by atoms with E-state index in [-0.39, 0.29) is 12.4 Å². The second-order valence-corrected chi connectivity index (χ2v) is 5.51. The summed E-state index contributed by atoms with van der Waals surface area (Å²) in [7, 11) is 0. The van der Waals surface area contributed by atoms with Crippen LogP contribution < -0.4 is 0 Å². The lowest BCUT2D eigenvalue weighted by Crippen LogP contribution is -2.49. The van der Waals surface area contributed by atoms with Crippen molar-refractivity contribution in [3.63, 3.8) is 0 Å². The number of hydrazine groups is 1. The summed E-state index contributed by atoms with van der Waals surface area (Å²) < 4.78 is 52.3. The van der Waals surface area contributed by atoms with E-state index in [0.29, 0.717) is 22.8 Å². The zero-order valence-electron chi connectivity index (χ0n) is 12.6. The summed E-state index contributed by atoms with van der Waals surface area (Å²) in [6.45, 7) is 2.96. The second-order valence-electron chi connectivity index (χ2n) is 5.51. The molecule has 122 valence electrons. The average Bonchev–Trinajstić information content (AvgIpc) is 2.89. The van der Waals surface area contributed by atoms with E-state index in [1.165, 1.54) is 22.2 Å². The van der Waals surface area contributed by atoms with Crippen LogP contribution in [0.1, 0.15) is 19.4 Å². The van der Waals surface area contributed by atoms with Crippen molar-refractivity contribution < 1.29 is 17.6 Å². The summed E-state index contributed by atoms with van der Waals surface area (Å²) in [5.41, 5.74) is 1.73. The van der Waals surface area contributed by atoms with E-state index in [0.717, 1.165) is 6.92 Å². The number of hydrogen-bond acceptors (Lipinski definition) is 3. The highest BCUT2D eigenvalue weighted by Gasteiger charge is 2.45. The molecular weight excluding hydrogens is 310 g/mol. The van der Waals surface area contributed by atoms with Crippen molar-refractivity contribution >= 4 is 5.71 Å². The topological polar surface area (TPSA) is 18.8 Å². The summed E-state index contributed by atoms with van der Waals surface area (Å²) in [6, 6.07) is 4.35. The lowest BCUT2D eigenvalue weighted by Gasteiger charge is -2.38. The van der Waals surface area contributed by atoms with Gasteiger partial charge in [0.15, 0.2) is 0 Å². The Morgan fingerprint density at radius 2 is 2.00 bits per heavy atom. The molecule has 0 bridgehead atoms. The number of alkyl halides is 3. The highest BCUT2D eigenvalue weighted by Crippen LogP contribution is 2.34. The zero-order valence-corrected chi connectivity index (χ0v) is 12.6. The fraction of sp³-hybridized carbons (Fsp3) is 0.312. The Labute approximate surface area is 131 Å². The Hall–Kier alpha value is -2.15. The van der Waals surface area contributed by atoms with Crippen LogP contribution in [0.3, 0.4) is 0 Å².